The van der Waals surface area contributed by atoms with E-state index in [0.717, 1.165) is 28.4 Å². The number of halogens is 2. The van der Waals surface area contributed by atoms with Gasteiger partial charge in [0, 0.05) is 34.9 Å². The van der Waals surface area contributed by atoms with E-state index in [-0.39, 0.29) is 17.5 Å². The fourth-order valence-electron chi connectivity index (χ4n) is 2.18. The van der Waals surface area contributed by atoms with Crippen LogP contribution in [0.4, 0.5) is 4.39 Å². The highest BCUT2D eigenvalue weighted by Crippen LogP contribution is 2.32. The van der Waals surface area contributed by atoms with Gasteiger partial charge in [0.2, 0.25) is 0 Å². The predicted octanol–water partition coefficient (Wildman–Crippen LogP) is 4.03. The van der Waals surface area contributed by atoms with Gasteiger partial charge in [-0.3, -0.25) is 4.79 Å². The quantitative estimate of drug-likeness (QED) is 0.779. The largest absolute Gasteiger partial charge is 0.349 e. The Morgan fingerprint density at radius 2 is 2.16 bits per heavy atom. The van der Waals surface area contributed by atoms with Gasteiger partial charge in [-0.2, -0.15) is 0 Å². The highest BCUT2D eigenvalue weighted by Gasteiger charge is 2.30. The maximum Gasteiger partial charge on any atom is 0.167 e. The molecule has 1 aromatic heterocycles. The number of carbonyl (C=O) groups is 1. The molecular weight excluding hydrogens is 309 g/mol. The second kappa shape index (κ2) is 4.93. The summed E-state index contributed by atoms with van der Waals surface area (Å²) in [5, 5.41) is 0. The van der Waals surface area contributed by atoms with Gasteiger partial charge in [0.1, 0.15) is 5.82 Å². The number of benzene rings is 1. The molecule has 1 aliphatic carbocycles. The minimum atomic E-state index is -0.259. The molecular formula is C15H13BrFNO. The molecule has 3 rings (SSSR count). The molecule has 0 spiro atoms. The number of aromatic nitrogens is 1. The monoisotopic (exact) mass is 321 g/mol. The third-order valence-corrected chi connectivity index (χ3v) is 3.73. The van der Waals surface area contributed by atoms with Crippen LogP contribution in [0.5, 0.6) is 0 Å². The van der Waals surface area contributed by atoms with Crippen molar-refractivity contribution in [2.24, 2.45) is 5.92 Å². The molecule has 0 radical (unpaired) electrons. The molecule has 1 aromatic carbocycles. The lowest BCUT2D eigenvalue weighted by atomic mass is 10.1. The fraction of sp³-hybridized carbons (Fsp3) is 0.267. The van der Waals surface area contributed by atoms with Crippen molar-refractivity contribution in [2.75, 3.05) is 0 Å². The molecule has 2 nitrogen and oxygen atoms in total. The zero-order chi connectivity index (χ0) is 13.4. The van der Waals surface area contributed by atoms with Crippen LogP contribution >= 0.6 is 15.9 Å². The van der Waals surface area contributed by atoms with Crippen molar-refractivity contribution >= 4 is 21.7 Å². The lowest BCUT2D eigenvalue weighted by Gasteiger charge is -2.04. The van der Waals surface area contributed by atoms with Gasteiger partial charge in [-0.05, 0) is 42.7 Å². The second-order valence-corrected chi connectivity index (χ2v) is 5.90. The average Bonchev–Trinajstić information content (AvgIpc) is 3.08. The molecule has 1 fully saturated rings. The van der Waals surface area contributed by atoms with Crippen LogP contribution in [-0.4, -0.2) is 10.4 Å². The van der Waals surface area contributed by atoms with Gasteiger partial charge >= 0.3 is 0 Å². The smallest absolute Gasteiger partial charge is 0.167 e. The summed E-state index contributed by atoms with van der Waals surface area (Å²) in [5.41, 5.74) is 1.63. The summed E-state index contributed by atoms with van der Waals surface area (Å²) in [6.45, 7) is 0.564. The zero-order valence-electron chi connectivity index (χ0n) is 10.3. The van der Waals surface area contributed by atoms with Gasteiger partial charge in [0.25, 0.3) is 0 Å². The van der Waals surface area contributed by atoms with Crippen LogP contribution in [0, 0.1) is 11.7 Å². The molecule has 0 amide bonds. The maximum atomic E-state index is 13.3. The SMILES string of the molecule is O=C(c1ccn(Cc2cc(F)cc(Br)c2)c1)C1CC1. The molecule has 19 heavy (non-hydrogen) atoms. The number of ketones is 1. The molecule has 0 atom stereocenters. The van der Waals surface area contributed by atoms with E-state index in [1.54, 1.807) is 0 Å². The van der Waals surface area contributed by atoms with Crippen molar-refractivity contribution in [1.82, 2.24) is 4.57 Å². The first-order chi connectivity index (χ1) is 9.11. The van der Waals surface area contributed by atoms with Crippen molar-refractivity contribution in [1.29, 1.82) is 0 Å². The number of carbonyl (C=O) groups excluding carboxylic acids is 1. The van der Waals surface area contributed by atoms with Crippen LogP contribution in [0.2, 0.25) is 0 Å². The lowest BCUT2D eigenvalue weighted by Crippen LogP contribution is -2.01. The van der Waals surface area contributed by atoms with Crippen molar-refractivity contribution in [3.8, 4) is 0 Å². The summed E-state index contributed by atoms with van der Waals surface area (Å²) in [7, 11) is 0. The van der Waals surface area contributed by atoms with Gasteiger partial charge in [-0.15, -0.1) is 0 Å². The lowest BCUT2D eigenvalue weighted by molar-refractivity contribution is 0.0967. The topological polar surface area (TPSA) is 22.0 Å². The fourth-order valence-corrected chi connectivity index (χ4v) is 2.69. The minimum absolute atomic E-state index is 0.235. The van der Waals surface area contributed by atoms with Crippen molar-refractivity contribution in [2.45, 2.75) is 19.4 Å². The number of hydrogen-bond acceptors (Lipinski definition) is 1. The Hall–Kier alpha value is -1.42. The van der Waals surface area contributed by atoms with Gasteiger partial charge in [0.15, 0.2) is 5.78 Å². The number of rotatable bonds is 4. The summed E-state index contributed by atoms with van der Waals surface area (Å²) >= 11 is 3.28. The van der Waals surface area contributed by atoms with Crippen molar-refractivity contribution in [3.05, 3.63) is 58.1 Å². The Morgan fingerprint density at radius 3 is 2.84 bits per heavy atom. The highest BCUT2D eigenvalue weighted by atomic mass is 79.9. The Morgan fingerprint density at radius 1 is 1.37 bits per heavy atom. The average molecular weight is 322 g/mol. The van der Waals surface area contributed by atoms with Gasteiger partial charge in [-0.1, -0.05) is 15.9 Å². The summed E-state index contributed by atoms with van der Waals surface area (Å²) < 4.78 is 15.9. The molecule has 4 heteroatoms. The van der Waals surface area contributed by atoms with E-state index in [2.05, 4.69) is 15.9 Å². The van der Waals surface area contributed by atoms with E-state index >= 15 is 0 Å². The Kier molecular flexibility index (Phi) is 3.27. The molecule has 1 aliphatic rings. The van der Waals surface area contributed by atoms with E-state index in [0.29, 0.717) is 6.54 Å². The molecule has 0 N–H and O–H groups in total. The summed E-state index contributed by atoms with van der Waals surface area (Å²) in [4.78, 5) is 11.9. The van der Waals surface area contributed by atoms with Gasteiger partial charge in [0.05, 0.1) is 0 Å². The van der Waals surface area contributed by atoms with Crippen molar-refractivity contribution in [3.63, 3.8) is 0 Å². The normalized spacial score (nSPS) is 14.6. The molecule has 0 aliphatic heterocycles. The van der Waals surface area contributed by atoms with Gasteiger partial charge < -0.3 is 4.57 Å². The first-order valence-electron chi connectivity index (χ1n) is 6.27. The number of Topliss-reactive ketones (excluding diaryl/α,β-unsaturated/α-hetero) is 1. The summed E-state index contributed by atoms with van der Waals surface area (Å²) in [6, 6.07) is 6.66. The first-order valence-corrected chi connectivity index (χ1v) is 7.06. The Labute approximate surface area is 119 Å². The maximum absolute atomic E-state index is 13.3. The highest BCUT2D eigenvalue weighted by molar-refractivity contribution is 9.10. The van der Waals surface area contributed by atoms with Crippen LogP contribution in [-0.2, 0) is 6.54 Å². The van der Waals surface area contributed by atoms with Crippen LogP contribution in [0.25, 0.3) is 0 Å². The molecule has 2 aromatic rings. The molecule has 0 unspecified atom stereocenters. The van der Waals surface area contributed by atoms with E-state index < -0.39 is 0 Å². The summed E-state index contributed by atoms with van der Waals surface area (Å²) in [5.74, 6) is 0.212. The van der Waals surface area contributed by atoms with Crippen LogP contribution < -0.4 is 0 Å². The predicted molar refractivity (Wildman–Crippen MR) is 74.7 cm³/mol. The van der Waals surface area contributed by atoms with Crippen LogP contribution in [0.1, 0.15) is 28.8 Å². The molecule has 0 bridgehead atoms. The Bertz CT molecular complexity index is 611. The van der Waals surface area contributed by atoms with Crippen LogP contribution in [0.15, 0.2) is 41.1 Å². The molecule has 1 heterocycles. The Balaban J connectivity index is 1.77. The molecule has 98 valence electrons. The minimum Gasteiger partial charge on any atom is -0.349 e. The third-order valence-electron chi connectivity index (χ3n) is 3.27. The van der Waals surface area contributed by atoms with Crippen LogP contribution in [0.3, 0.4) is 0 Å². The number of nitrogens with zero attached hydrogens (tertiary/aromatic N) is 1. The van der Waals surface area contributed by atoms with Gasteiger partial charge in [-0.25, -0.2) is 4.39 Å². The second-order valence-electron chi connectivity index (χ2n) is 4.99. The van der Waals surface area contributed by atoms with E-state index in [9.17, 15) is 9.18 Å². The molecule has 1 saturated carbocycles. The first kappa shape index (κ1) is 12.6. The van der Waals surface area contributed by atoms with E-state index in [1.807, 2.05) is 29.1 Å². The zero-order valence-corrected chi connectivity index (χ0v) is 11.9. The standard InChI is InChI=1S/C15H13BrFNO/c16-13-5-10(6-14(17)7-13)8-18-4-3-12(9-18)15(19)11-1-2-11/h3-7,9,11H,1-2,8H2. The van der Waals surface area contributed by atoms with Crippen molar-refractivity contribution < 1.29 is 9.18 Å². The van der Waals surface area contributed by atoms with E-state index in [4.69, 9.17) is 0 Å². The third kappa shape index (κ3) is 2.95. The van der Waals surface area contributed by atoms with E-state index in [1.165, 1.54) is 12.1 Å². The summed E-state index contributed by atoms with van der Waals surface area (Å²) in [6.07, 6.45) is 5.75. The number of hydrogen-bond donors (Lipinski definition) is 0. The molecule has 0 saturated heterocycles.